The van der Waals surface area contributed by atoms with Crippen LogP contribution in [0.15, 0.2) is 0 Å². The van der Waals surface area contributed by atoms with Gasteiger partial charge >= 0.3 is 29.8 Å². The number of aliphatic hydroxyl groups is 10. The first-order valence-electron chi connectivity index (χ1n) is 26.4. The monoisotopic (exact) mass is 1220 g/mol. The average Bonchev–Trinajstić information content (AvgIpc) is 3.92. The number of aliphatic carboxylic acids is 5. The predicted molar refractivity (Wildman–Crippen MR) is 282 cm³/mol. The van der Waals surface area contributed by atoms with E-state index in [9.17, 15) is 125 Å². The molecule has 5 amide bonds. The Balaban J connectivity index is 3.02. The number of carbonyl (C=O) groups is 10. The summed E-state index contributed by atoms with van der Waals surface area (Å²) in [5, 5.41) is 156. The second kappa shape index (κ2) is 39.6. The quantitative estimate of drug-likeness (QED) is 0.0252. The molecule has 0 aromatic carbocycles. The lowest BCUT2D eigenvalue weighted by molar-refractivity contribution is -0.146. The third-order valence-corrected chi connectivity index (χ3v) is 12.6. The molecule has 0 aromatic heterocycles. The Morgan fingerprint density at radius 3 is 1.24 bits per heavy atom. The standard InChI is InChI=1S/C46H85N13O25/c47-27(17-50-31(60)3-1-29(44(81)82)58(13-9-54(19-34(63)64)20-35(65)66)14-10-55(21-36(67)68)22-37(69)70)42(79)49-8-5-33(62)52-28(43(80)53-46(48)6-7-46)18-51-32(61)4-2-30(45(83)84)59(15-11-56(23-38(71)72)24-39(73)74)16-12-57(25-40(75)76)26-41(77)78/h27-30,34-37,44,63-70,81-82H,1-26,47-48H2,(H,49,79)(H,50,60)(H,51,61)(H,52,62)(H,53,80)(H,71,72)(H,73,74)(H,75,76)(H,77,78)(H,83,84)/t27?,28?,29-,30-/m0/s1. The number of amides is 5. The molecule has 4 atom stereocenters. The maximum Gasteiger partial charge on any atom is 0.320 e. The van der Waals surface area contributed by atoms with Crippen LogP contribution in [-0.4, -0.2) is 351 Å². The van der Waals surface area contributed by atoms with Crippen molar-refractivity contribution in [3.63, 3.8) is 0 Å². The van der Waals surface area contributed by atoms with Crippen LogP contribution in [0.3, 0.4) is 0 Å². The fraction of sp³-hybridized carbons (Fsp3) is 0.783. The van der Waals surface area contributed by atoms with E-state index in [1.165, 1.54) is 19.6 Å². The van der Waals surface area contributed by atoms with Crippen LogP contribution in [0.25, 0.3) is 0 Å². The summed E-state index contributed by atoms with van der Waals surface area (Å²) in [6.07, 6.45) is -11.2. The topological polar surface area (TPSA) is 606 Å². The van der Waals surface area contributed by atoms with Crippen molar-refractivity contribution in [1.29, 1.82) is 0 Å². The lowest BCUT2D eigenvalue weighted by Crippen LogP contribution is -2.57. The van der Waals surface area contributed by atoms with Crippen molar-refractivity contribution in [1.82, 2.24) is 56.0 Å². The zero-order valence-corrected chi connectivity index (χ0v) is 46.2. The van der Waals surface area contributed by atoms with Crippen molar-refractivity contribution in [3.8, 4) is 0 Å². The average molecular weight is 1220 g/mol. The first kappa shape index (κ1) is 76.0. The van der Waals surface area contributed by atoms with E-state index in [1.54, 1.807) is 0 Å². The molecule has 0 aliphatic heterocycles. The molecule has 84 heavy (non-hydrogen) atoms. The Hall–Kier alpha value is -6.02. The van der Waals surface area contributed by atoms with Gasteiger partial charge in [0.15, 0.2) is 31.5 Å². The molecule has 0 bridgehead atoms. The Kier molecular flexibility index (Phi) is 35.8. The minimum absolute atomic E-state index is 0.142. The van der Waals surface area contributed by atoms with Crippen molar-refractivity contribution >= 4 is 59.4 Å². The third kappa shape index (κ3) is 35.3. The summed E-state index contributed by atoms with van der Waals surface area (Å²) < 4.78 is 0. The minimum atomic E-state index is -2.14. The predicted octanol–water partition coefficient (Wildman–Crippen LogP) is -12.8. The van der Waals surface area contributed by atoms with Crippen LogP contribution in [0.1, 0.15) is 44.9 Å². The smallest absolute Gasteiger partial charge is 0.320 e. The van der Waals surface area contributed by atoms with Crippen molar-refractivity contribution in [2.24, 2.45) is 11.5 Å². The van der Waals surface area contributed by atoms with Gasteiger partial charge in [0.05, 0.1) is 37.9 Å². The summed E-state index contributed by atoms with van der Waals surface area (Å²) in [7, 11) is 0. The molecular weight excluding hydrogens is 1130 g/mol. The second-order valence-corrected chi connectivity index (χ2v) is 19.9. The van der Waals surface area contributed by atoms with E-state index >= 15 is 0 Å². The number of nitrogens with zero attached hydrogens (tertiary/aromatic N) is 6. The van der Waals surface area contributed by atoms with Gasteiger partial charge in [-0.3, -0.25) is 77.3 Å². The van der Waals surface area contributed by atoms with E-state index in [0.29, 0.717) is 12.8 Å². The molecule has 38 heteroatoms. The highest BCUT2D eigenvalue weighted by Gasteiger charge is 2.41. The van der Waals surface area contributed by atoms with Crippen molar-refractivity contribution in [3.05, 3.63) is 0 Å². The fourth-order valence-electron chi connectivity index (χ4n) is 8.31. The number of hydrogen-bond acceptors (Lipinski definition) is 28. The molecule has 0 heterocycles. The summed E-state index contributed by atoms with van der Waals surface area (Å²) in [6, 6.07) is -5.75. The number of carboxylic acids is 5. The van der Waals surface area contributed by atoms with E-state index < -0.39 is 212 Å². The number of nitrogens with two attached hydrogens (primary N) is 2. The first-order valence-corrected chi connectivity index (χ1v) is 26.4. The number of carboxylic acid groups (broad SMARTS) is 5. The highest BCUT2D eigenvalue weighted by atomic mass is 16.5. The number of rotatable bonds is 49. The van der Waals surface area contributed by atoms with Gasteiger partial charge in [-0.05, 0) is 25.7 Å². The molecule has 2 unspecified atom stereocenters. The van der Waals surface area contributed by atoms with E-state index in [-0.39, 0.29) is 65.3 Å². The SMILES string of the molecule is NC(CNC(=O)CC[C@@H](C(O)O)N(CCN(CC(O)O)CC(O)O)CCN(CC(O)O)CC(O)O)C(=O)NCCC(=O)NC(CNC(=O)CC[C@@H](C(=O)O)N(CCN(CC(=O)O)CC(=O)O)CCN(CC(=O)O)CC(=O)O)C(=O)NC1(N)CC1. The molecule has 1 aliphatic rings. The van der Waals surface area contributed by atoms with Crippen LogP contribution >= 0.6 is 0 Å². The molecule has 0 spiro atoms. The van der Waals surface area contributed by atoms with Crippen molar-refractivity contribution < 1.29 is 125 Å². The van der Waals surface area contributed by atoms with Gasteiger partial charge in [-0.25, -0.2) is 0 Å². The summed E-state index contributed by atoms with van der Waals surface area (Å²) in [5.41, 5.74) is 10.9. The van der Waals surface area contributed by atoms with Gasteiger partial charge in [0, 0.05) is 117 Å². The lowest BCUT2D eigenvalue weighted by atomic mass is 10.1. The van der Waals surface area contributed by atoms with Crippen molar-refractivity contribution in [2.45, 2.75) is 106 Å². The summed E-state index contributed by atoms with van der Waals surface area (Å²) >= 11 is 0. The van der Waals surface area contributed by atoms with Gasteiger partial charge in [-0.15, -0.1) is 0 Å². The molecule has 24 N–H and O–H groups in total. The molecule has 38 nitrogen and oxygen atoms in total. The van der Waals surface area contributed by atoms with Gasteiger partial charge in [0.25, 0.3) is 0 Å². The molecule has 1 saturated carbocycles. The first-order chi connectivity index (χ1) is 39.2. The lowest BCUT2D eigenvalue weighted by Gasteiger charge is -2.36. The molecule has 0 aromatic rings. The highest BCUT2D eigenvalue weighted by molar-refractivity contribution is 5.90. The van der Waals surface area contributed by atoms with Crippen LogP contribution in [0, 0.1) is 0 Å². The van der Waals surface area contributed by atoms with Gasteiger partial charge in [-0.1, -0.05) is 0 Å². The zero-order chi connectivity index (χ0) is 63.9. The normalized spacial score (nSPS) is 14.7. The Morgan fingerprint density at radius 1 is 0.464 bits per heavy atom. The van der Waals surface area contributed by atoms with Gasteiger partial charge in [-0.2, -0.15) is 0 Å². The highest BCUT2D eigenvalue weighted by Crippen LogP contribution is 2.28. The third-order valence-electron chi connectivity index (χ3n) is 12.6. The van der Waals surface area contributed by atoms with Crippen LogP contribution in [-0.2, 0) is 47.9 Å². The summed E-state index contributed by atoms with van der Waals surface area (Å²) in [4.78, 5) is 131. The molecule has 0 radical (unpaired) electrons. The number of nitrogens with one attached hydrogen (secondary N) is 5. The number of carbonyl (C=O) groups excluding carboxylic acids is 5. The minimum Gasteiger partial charge on any atom is -0.480 e. The van der Waals surface area contributed by atoms with Gasteiger partial charge < -0.3 is 115 Å². The summed E-state index contributed by atoms with van der Waals surface area (Å²) in [6.45, 7) is -8.30. The zero-order valence-electron chi connectivity index (χ0n) is 46.2. The molecule has 1 fully saturated rings. The molecule has 1 aliphatic carbocycles. The summed E-state index contributed by atoms with van der Waals surface area (Å²) in [5.74, 6) is -11.3. The fourth-order valence-corrected chi connectivity index (χ4v) is 8.31. The van der Waals surface area contributed by atoms with E-state index in [4.69, 9.17) is 11.5 Å². The second-order valence-electron chi connectivity index (χ2n) is 19.9. The number of aliphatic hydroxyl groups excluding tert-OH is 5. The molecule has 0 saturated heterocycles. The van der Waals surface area contributed by atoms with E-state index in [0.717, 1.165) is 9.80 Å². The number of hydrogen-bond donors (Lipinski definition) is 22. The molecular formula is C46H85N13O25. The van der Waals surface area contributed by atoms with Crippen LogP contribution in [0.4, 0.5) is 0 Å². The van der Waals surface area contributed by atoms with E-state index in [2.05, 4.69) is 26.6 Å². The van der Waals surface area contributed by atoms with Crippen LogP contribution in [0.2, 0.25) is 0 Å². The van der Waals surface area contributed by atoms with Gasteiger partial charge in [0.1, 0.15) is 18.1 Å². The largest absolute Gasteiger partial charge is 0.480 e. The van der Waals surface area contributed by atoms with Crippen molar-refractivity contribution in [2.75, 3.05) is 124 Å². The van der Waals surface area contributed by atoms with E-state index in [1.807, 2.05) is 0 Å². The van der Waals surface area contributed by atoms with Crippen LogP contribution in [0.5, 0.6) is 0 Å². The maximum atomic E-state index is 13.3. The maximum absolute atomic E-state index is 13.3. The Morgan fingerprint density at radius 2 is 0.857 bits per heavy atom. The molecule has 484 valence electrons. The Labute approximate surface area is 481 Å². The van der Waals surface area contributed by atoms with Gasteiger partial charge in [0.2, 0.25) is 29.5 Å². The Bertz CT molecular complexity index is 1970. The molecule has 1 rings (SSSR count). The van der Waals surface area contributed by atoms with Crippen LogP contribution < -0.4 is 38.1 Å².